The predicted molar refractivity (Wildman–Crippen MR) is 112 cm³/mol. The second kappa shape index (κ2) is 9.06. The van der Waals surface area contributed by atoms with Gasteiger partial charge in [0.05, 0.1) is 22.3 Å². The van der Waals surface area contributed by atoms with Gasteiger partial charge in [-0.2, -0.15) is 0 Å². The number of fused-ring (bicyclic) bond motifs is 1. The van der Waals surface area contributed by atoms with Crippen molar-refractivity contribution in [3.8, 4) is 0 Å². The van der Waals surface area contributed by atoms with Gasteiger partial charge in [-0.3, -0.25) is 0 Å². The van der Waals surface area contributed by atoms with Crippen molar-refractivity contribution >= 4 is 27.1 Å². The SMILES string of the molecule is CN(C)S(=O)(=O)c1ccccc1CNC(=O)NCCCn1cnc2ccccc21. The van der Waals surface area contributed by atoms with Crippen LogP contribution in [0, 0.1) is 0 Å². The van der Waals surface area contributed by atoms with Crippen LogP contribution in [0.15, 0.2) is 59.8 Å². The average molecular weight is 416 g/mol. The molecule has 2 aromatic carbocycles. The highest BCUT2D eigenvalue weighted by atomic mass is 32.2. The number of benzene rings is 2. The summed E-state index contributed by atoms with van der Waals surface area (Å²) < 4.78 is 28.0. The van der Waals surface area contributed by atoms with E-state index < -0.39 is 10.0 Å². The van der Waals surface area contributed by atoms with Crippen molar-refractivity contribution in [2.45, 2.75) is 24.4 Å². The Morgan fingerprint density at radius 3 is 2.59 bits per heavy atom. The number of hydrogen-bond donors (Lipinski definition) is 2. The van der Waals surface area contributed by atoms with Gasteiger partial charge in [-0.15, -0.1) is 0 Å². The summed E-state index contributed by atoms with van der Waals surface area (Å²) in [5.74, 6) is 0. The Morgan fingerprint density at radius 1 is 1.07 bits per heavy atom. The Hall–Kier alpha value is -2.91. The van der Waals surface area contributed by atoms with E-state index >= 15 is 0 Å². The molecule has 1 heterocycles. The normalized spacial score (nSPS) is 11.7. The number of carbonyl (C=O) groups is 1. The van der Waals surface area contributed by atoms with Crippen LogP contribution in [0.3, 0.4) is 0 Å². The van der Waals surface area contributed by atoms with Crippen LogP contribution >= 0.6 is 0 Å². The van der Waals surface area contributed by atoms with E-state index in [4.69, 9.17) is 0 Å². The summed E-state index contributed by atoms with van der Waals surface area (Å²) in [6.07, 6.45) is 2.55. The summed E-state index contributed by atoms with van der Waals surface area (Å²) in [5.41, 5.74) is 2.56. The number of carbonyl (C=O) groups excluding carboxylic acids is 1. The molecule has 3 aromatic rings. The van der Waals surface area contributed by atoms with Crippen LogP contribution in [0.5, 0.6) is 0 Å². The first-order valence-electron chi connectivity index (χ1n) is 9.31. The average Bonchev–Trinajstić information content (AvgIpc) is 3.13. The van der Waals surface area contributed by atoms with Crippen LogP contribution < -0.4 is 10.6 Å². The van der Waals surface area contributed by atoms with Crippen LogP contribution in [0.25, 0.3) is 11.0 Å². The fourth-order valence-corrected chi connectivity index (χ4v) is 4.09. The Balaban J connectivity index is 1.49. The van der Waals surface area contributed by atoms with Crippen molar-refractivity contribution in [2.24, 2.45) is 0 Å². The molecule has 0 atom stereocenters. The highest BCUT2D eigenvalue weighted by Gasteiger charge is 2.20. The van der Waals surface area contributed by atoms with Gasteiger partial charge < -0.3 is 15.2 Å². The molecule has 0 aliphatic rings. The summed E-state index contributed by atoms with van der Waals surface area (Å²) in [6, 6.07) is 14.2. The molecule has 0 spiro atoms. The third-order valence-electron chi connectivity index (χ3n) is 4.56. The van der Waals surface area contributed by atoms with E-state index in [1.54, 1.807) is 30.6 Å². The molecule has 0 radical (unpaired) electrons. The standard InChI is InChI=1S/C20H25N5O3S/c1-24(2)29(27,28)19-11-6-3-8-16(19)14-22-20(26)21-12-7-13-25-15-23-17-9-4-5-10-18(17)25/h3-6,8-11,15H,7,12-14H2,1-2H3,(H2,21,22,26). The number of hydrogen-bond acceptors (Lipinski definition) is 4. The maximum atomic E-state index is 12.4. The molecule has 9 heteroatoms. The molecule has 8 nitrogen and oxygen atoms in total. The molecule has 29 heavy (non-hydrogen) atoms. The molecule has 0 aliphatic carbocycles. The predicted octanol–water partition coefficient (Wildman–Crippen LogP) is 2.18. The Morgan fingerprint density at radius 2 is 1.79 bits per heavy atom. The summed E-state index contributed by atoms with van der Waals surface area (Å²) in [7, 11) is -0.603. The summed E-state index contributed by atoms with van der Waals surface area (Å²) in [5, 5.41) is 5.52. The van der Waals surface area contributed by atoms with E-state index in [1.165, 1.54) is 14.1 Å². The highest BCUT2D eigenvalue weighted by Crippen LogP contribution is 2.18. The Bertz CT molecular complexity index is 1090. The summed E-state index contributed by atoms with van der Waals surface area (Å²) in [6.45, 7) is 1.36. The number of imidazole rings is 1. The molecule has 3 rings (SSSR count). The lowest BCUT2D eigenvalue weighted by Crippen LogP contribution is -2.36. The Kier molecular flexibility index (Phi) is 6.50. The maximum Gasteiger partial charge on any atom is 0.315 e. The summed E-state index contributed by atoms with van der Waals surface area (Å²) >= 11 is 0. The van der Waals surface area contributed by atoms with Crippen molar-refractivity contribution in [3.63, 3.8) is 0 Å². The molecule has 0 unspecified atom stereocenters. The number of nitrogens with zero attached hydrogens (tertiary/aromatic N) is 3. The van der Waals surface area contributed by atoms with Crippen molar-refractivity contribution in [3.05, 3.63) is 60.4 Å². The molecule has 0 saturated carbocycles. The first-order valence-corrected chi connectivity index (χ1v) is 10.8. The topological polar surface area (TPSA) is 96.3 Å². The minimum Gasteiger partial charge on any atom is -0.338 e. The number of rotatable bonds is 8. The number of nitrogens with one attached hydrogen (secondary N) is 2. The molecule has 2 amide bonds. The second-order valence-corrected chi connectivity index (χ2v) is 8.91. The molecule has 154 valence electrons. The molecular formula is C20H25N5O3S. The van der Waals surface area contributed by atoms with E-state index in [9.17, 15) is 13.2 Å². The molecule has 0 aliphatic heterocycles. The first-order chi connectivity index (χ1) is 13.9. The number of aromatic nitrogens is 2. The lowest BCUT2D eigenvalue weighted by molar-refractivity contribution is 0.240. The fraction of sp³-hybridized carbons (Fsp3) is 0.300. The lowest BCUT2D eigenvalue weighted by Gasteiger charge is -2.15. The minimum atomic E-state index is -3.57. The zero-order valence-corrected chi connectivity index (χ0v) is 17.3. The number of aryl methyl sites for hydroxylation is 1. The monoisotopic (exact) mass is 415 g/mol. The molecule has 0 fully saturated rings. The van der Waals surface area contributed by atoms with Gasteiger partial charge in [-0.1, -0.05) is 30.3 Å². The van der Waals surface area contributed by atoms with Gasteiger partial charge in [-0.25, -0.2) is 22.5 Å². The fourth-order valence-electron chi connectivity index (χ4n) is 2.98. The van der Waals surface area contributed by atoms with E-state index in [0.717, 1.165) is 28.3 Å². The third-order valence-corrected chi connectivity index (χ3v) is 6.47. The van der Waals surface area contributed by atoms with Crippen LogP contribution in [0.2, 0.25) is 0 Å². The largest absolute Gasteiger partial charge is 0.338 e. The van der Waals surface area contributed by atoms with E-state index in [0.29, 0.717) is 12.1 Å². The molecule has 2 N–H and O–H groups in total. The van der Waals surface area contributed by atoms with Gasteiger partial charge in [0, 0.05) is 33.7 Å². The highest BCUT2D eigenvalue weighted by molar-refractivity contribution is 7.89. The number of amides is 2. The van der Waals surface area contributed by atoms with Crippen LogP contribution in [0.4, 0.5) is 4.79 Å². The van der Waals surface area contributed by atoms with E-state index in [-0.39, 0.29) is 17.5 Å². The van der Waals surface area contributed by atoms with Crippen molar-refractivity contribution < 1.29 is 13.2 Å². The number of sulfonamides is 1. The van der Waals surface area contributed by atoms with Gasteiger partial charge >= 0.3 is 6.03 Å². The van der Waals surface area contributed by atoms with E-state index in [1.807, 2.05) is 24.3 Å². The Labute approximate surface area is 170 Å². The lowest BCUT2D eigenvalue weighted by atomic mass is 10.2. The third kappa shape index (κ3) is 4.93. The smallest absolute Gasteiger partial charge is 0.315 e. The van der Waals surface area contributed by atoms with Gasteiger partial charge in [0.2, 0.25) is 10.0 Å². The molecule has 0 saturated heterocycles. The van der Waals surface area contributed by atoms with Crippen LogP contribution in [-0.2, 0) is 23.1 Å². The quantitative estimate of drug-likeness (QED) is 0.551. The van der Waals surface area contributed by atoms with E-state index in [2.05, 4.69) is 20.2 Å². The van der Waals surface area contributed by atoms with Crippen molar-refractivity contribution in [1.29, 1.82) is 0 Å². The minimum absolute atomic E-state index is 0.126. The van der Waals surface area contributed by atoms with Crippen molar-refractivity contribution in [2.75, 3.05) is 20.6 Å². The van der Waals surface area contributed by atoms with Gasteiger partial charge in [0.15, 0.2) is 0 Å². The van der Waals surface area contributed by atoms with Gasteiger partial charge in [0.25, 0.3) is 0 Å². The number of para-hydroxylation sites is 2. The zero-order chi connectivity index (χ0) is 20.9. The van der Waals surface area contributed by atoms with Gasteiger partial charge in [0.1, 0.15) is 0 Å². The van der Waals surface area contributed by atoms with Gasteiger partial charge in [-0.05, 0) is 30.2 Å². The summed E-state index contributed by atoms with van der Waals surface area (Å²) in [4.78, 5) is 16.6. The molecular weight excluding hydrogens is 390 g/mol. The van der Waals surface area contributed by atoms with Crippen LogP contribution in [-0.4, -0.2) is 48.9 Å². The zero-order valence-electron chi connectivity index (χ0n) is 16.5. The second-order valence-electron chi connectivity index (χ2n) is 6.78. The molecule has 0 bridgehead atoms. The van der Waals surface area contributed by atoms with Crippen molar-refractivity contribution in [1.82, 2.24) is 24.5 Å². The number of urea groups is 1. The molecule has 1 aromatic heterocycles. The van der Waals surface area contributed by atoms with Crippen LogP contribution in [0.1, 0.15) is 12.0 Å². The first kappa shape index (κ1) is 20.8. The maximum absolute atomic E-state index is 12.4.